The van der Waals surface area contributed by atoms with Gasteiger partial charge in [-0.15, -0.1) is 0 Å². The first-order valence-electron chi connectivity index (χ1n) is 6.47. The number of urea groups is 1. The second kappa shape index (κ2) is 5.14. The van der Waals surface area contributed by atoms with Crippen molar-refractivity contribution in [2.24, 2.45) is 5.92 Å². The molecule has 19 heavy (non-hydrogen) atoms. The van der Waals surface area contributed by atoms with Gasteiger partial charge in [-0.05, 0) is 37.0 Å². The van der Waals surface area contributed by atoms with Gasteiger partial charge in [0.05, 0.1) is 11.4 Å². The molecular formula is C14H16N4O. The van der Waals surface area contributed by atoms with E-state index in [1.807, 2.05) is 36.5 Å². The van der Waals surface area contributed by atoms with Crippen LogP contribution in [0.1, 0.15) is 12.8 Å². The van der Waals surface area contributed by atoms with Gasteiger partial charge >= 0.3 is 6.03 Å². The lowest BCUT2D eigenvalue weighted by Gasteiger charge is -2.11. The predicted octanol–water partition coefficient (Wildman–Crippen LogP) is 2.40. The fraction of sp³-hybridized carbons (Fsp3) is 0.286. The van der Waals surface area contributed by atoms with Crippen LogP contribution in [0.15, 0.2) is 42.7 Å². The highest BCUT2D eigenvalue weighted by atomic mass is 16.2. The molecule has 0 radical (unpaired) electrons. The highest BCUT2D eigenvalue weighted by Gasteiger charge is 2.21. The van der Waals surface area contributed by atoms with Gasteiger partial charge in [-0.2, -0.15) is 5.10 Å². The van der Waals surface area contributed by atoms with Gasteiger partial charge in [0.1, 0.15) is 0 Å². The summed E-state index contributed by atoms with van der Waals surface area (Å²) in [7, 11) is 0. The quantitative estimate of drug-likeness (QED) is 0.882. The standard InChI is InChI=1S/C14H16N4O/c19-14(15-10-11-6-7-11)17-12-4-1-2-5-13(12)18-9-3-8-16-18/h1-5,8-9,11H,6-7,10H2,(H2,15,17,19). The Hall–Kier alpha value is -2.30. The molecule has 0 aliphatic heterocycles. The summed E-state index contributed by atoms with van der Waals surface area (Å²) < 4.78 is 1.73. The highest BCUT2D eigenvalue weighted by Crippen LogP contribution is 2.27. The van der Waals surface area contributed by atoms with Gasteiger partial charge in [0.15, 0.2) is 0 Å². The molecule has 1 aromatic carbocycles. The SMILES string of the molecule is O=C(NCC1CC1)Nc1ccccc1-n1cccn1. The molecule has 1 aliphatic carbocycles. The second-order valence-electron chi connectivity index (χ2n) is 4.75. The Morgan fingerprint density at radius 1 is 1.32 bits per heavy atom. The number of anilines is 1. The van der Waals surface area contributed by atoms with Crippen molar-refractivity contribution in [3.05, 3.63) is 42.7 Å². The molecule has 0 atom stereocenters. The molecule has 98 valence electrons. The lowest BCUT2D eigenvalue weighted by molar-refractivity contribution is 0.251. The zero-order chi connectivity index (χ0) is 13.1. The molecule has 5 nitrogen and oxygen atoms in total. The van der Waals surface area contributed by atoms with E-state index in [4.69, 9.17) is 0 Å². The molecule has 0 saturated heterocycles. The molecule has 0 spiro atoms. The maximum Gasteiger partial charge on any atom is 0.319 e. The van der Waals surface area contributed by atoms with Crippen molar-refractivity contribution in [3.8, 4) is 5.69 Å². The number of aromatic nitrogens is 2. The number of carbonyl (C=O) groups excluding carboxylic acids is 1. The van der Waals surface area contributed by atoms with E-state index in [2.05, 4.69) is 15.7 Å². The predicted molar refractivity (Wildman–Crippen MR) is 73.3 cm³/mol. The van der Waals surface area contributed by atoms with Crippen molar-refractivity contribution in [2.75, 3.05) is 11.9 Å². The lowest BCUT2D eigenvalue weighted by atomic mass is 10.2. The maximum absolute atomic E-state index is 11.8. The number of amides is 2. The summed E-state index contributed by atoms with van der Waals surface area (Å²) in [6.45, 7) is 0.760. The van der Waals surface area contributed by atoms with Crippen LogP contribution in [0.3, 0.4) is 0 Å². The number of para-hydroxylation sites is 2. The van der Waals surface area contributed by atoms with Crippen LogP contribution in [0.25, 0.3) is 5.69 Å². The summed E-state index contributed by atoms with van der Waals surface area (Å²) in [5.41, 5.74) is 1.61. The molecule has 1 heterocycles. The molecule has 2 N–H and O–H groups in total. The van der Waals surface area contributed by atoms with Crippen molar-refractivity contribution >= 4 is 11.7 Å². The topological polar surface area (TPSA) is 59.0 Å². The van der Waals surface area contributed by atoms with E-state index in [1.165, 1.54) is 12.8 Å². The van der Waals surface area contributed by atoms with Gasteiger partial charge in [0, 0.05) is 18.9 Å². The van der Waals surface area contributed by atoms with Gasteiger partial charge in [0.2, 0.25) is 0 Å². The van der Waals surface area contributed by atoms with Crippen LogP contribution in [-0.4, -0.2) is 22.4 Å². The summed E-state index contributed by atoms with van der Waals surface area (Å²) in [5.74, 6) is 0.673. The maximum atomic E-state index is 11.8. The van der Waals surface area contributed by atoms with Crippen molar-refractivity contribution in [1.82, 2.24) is 15.1 Å². The first kappa shape index (κ1) is 11.8. The third-order valence-electron chi connectivity index (χ3n) is 3.15. The number of carbonyl (C=O) groups is 1. The summed E-state index contributed by atoms with van der Waals surface area (Å²) in [6.07, 6.45) is 6.01. The van der Waals surface area contributed by atoms with E-state index in [9.17, 15) is 4.79 Å². The Morgan fingerprint density at radius 2 is 2.16 bits per heavy atom. The minimum Gasteiger partial charge on any atom is -0.338 e. The fourth-order valence-corrected chi connectivity index (χ4v) is 1.92. The van der Waals surface area contributed by atoms with Crippen LogP contribution >= 0.6 is 0 Å². The van der Waals surface area contributed by atoms with Gasteiger partial charge in [-0.1, -0.05) is 12.1 Å². The van der Waals surface area contributed by atoms with Crippen molar-refractivity contribution in [1.29, 1.82) is 0 Å². The third-order valence-corrected chi connectivity index (χ3v) is 3.15. The Labute approximate surface area is 111 Å². The van der Waals surface area contributed by atoms with Crippen LogP contribution in [-0.2, 0) is 0 Å². The summed E-state index contributed by atoms with van der Waals surface area (Å²) in [5, 5.41) is 9.94. The Bertz CT molecular complexity index is 561. The van der Waals surface area contributed by atoms with Gasteiger partial charge < -0.3 is 10.6 Å². The summed E-state index contributed by atoms with van der Waals surface area (Å²) in [4.78, 5) is 11.8. The number of benzene rings is 1. The zero-order valence-electron chi connectivity index (χ0n) is 10.5. The molecule has 0 unspecified atom stereocenters. The van der Waals surface area contributed by atoms with Crippen molar-refractivity contribution < 1.29 is 4.79 Å². The molecule has 1 fully saturated rings. The van der Waals surface area contributed by atoms with Crippen LogP contribution in [0.5, 0.6) is 0 Å². The molecule has 1 aromatic heterocycles. The Kier molecular flexibility index (Phi) is 3.18. The van der Waals surface area contributed by atoms with Gasteiger partial charge in [-0.3, -0.25) is 0 Å². The van der Waals surface area contributed by atoms with Crippen LogP contribution in [0, 0.1) is 5.92 Å². The van der Waals surface area contributed by atoms with Gasteiger partial charge in [0.25, 0.3) is 0 Å². The molecule has 2 aromatic rings. The average Bonchev–Trinajstić information content (AvgIpc) is 3.10. The second-order valence-corrected chi connectivity index (χ2v) is 4.75. The number of hydrogen-bond acceptors (Lipinski definition) is 2. The van der Waals surface area contributed by atoms with Crippen molar-refractivity contribution in [3.63, 3.8) is 0 Å². The van der Waals surface area contributed by atoms with E-state index in [0.29, 0.717) is 5.92 Å². The van der Waals surface area contributed by atoms with E-state index in [-0.39, 0.29) is 6.03 Å². The van der Waals surface area contributed by atoms with E-state index in [0.717, 1.165) is 17.9 Å². The van der Waals surface area contributed by atoms with E-state index >= 15 is 0 Å². The monoisotopic (exact) mass is 256 g/mol. The molecule has 1 aliphatic rings. The molecule has 3 rings (SSSR count). The average molecular weight is 256 g/mol. The molecule has 1 saturated carbocycles. The smallest absolute Gasteiger partial charge is 0.319 e. The minimum atomic E-state index is -0.161. The third kappa shape index (κ3) is 2.93. The lowest BCUT2D eigenvalue weighted by Crippen LogP contribution is -2.30. The minimum absolute atomic E-state index is 0.161. The highest BCUT2D eigenvalue weighted by molar-refractivity contribution is 5.91. The summed E-state index contributed by atoms with van der Waals surface area (Å²) >= 11 is 0. The normalized spacial score (nSPS) is 14.1. The van der Waals surface area contributed by atoms with Crippen molar-refractivity contribution in [2.45, 2.75) is 12.8 Å². The number of nitrogens with one attached hydrogen (secondary N) is 2. The number of rotatable bonds is 4. The van der Waals surface area contributed by atoms with Crippen LogP contribution < -0.4 is 10.6 Å². The first-order valence-corrected chi connectivity index (χ1v) is 6.47. The largest absolute Gasteiger partial charge is 0.338 e. The van der Waals surface area contributed by atoms with E-state index in [1.54, 1.807) is 10.9 Å². The molecule has 2 amide bonds. The van der Waals surface area contributed by atoms with E-state index < -0.39 is 0 Å². The Morgan fingerprint density at radius 3 is 2.89 bits per heavy atom. The van der Waals surface area contributed by atoms with Gasteiger partial charge in [-0.25, -0.2) is 9.48 Å². The molecule has 0 bridgehead atoms. The Balaban J connectivity index is 1.71. The first-order chi connectivity index (χ1) is 9.33. The molecule has 5 heteroatoms. The summed E-state index contributed by atoms with van der Waals surface area (Å²) in [6, 6.07) is 9.29. The molecular weight excluding hydrogens is 240 g/mol. The fourth-order valence-electron chi connectivity index (χ4n) is 1.92. The zero-order valence-corrected chi connectivity index (χ0v) is 10.5. The number of nitrogens with zero attached hydrogens (tertiary/aromatic N) is 2. The van der Waals surface area contributed by atoms with Crippen LogP contribution in [0.4, 0.5) is 10.5 Å². The number of hydrogen-bond donors (Lipinski definition) is 2. The van der Waals surface area contributed by atoms with Crippen LogP contribution in [0.2, 0.25) is 0 Å².